The number of likely N-dealkylation sites (tertiary alicyclic amines) is 1. The van der Waals surface area contributed by atoms with Crippen LogP contribution in [0, 0.1) is 5.92 Å². The van der Waals surface area contributed by atoms with Crippen LogP contribution in [0.3, 0.4) is 0 Å². The Kier molecular flexibility index (Phi) is 12.2. The summed E-state index contributed by atoms with van der Waals surface area (Å²) in [5.41, 5.74) is 1.35. The lowest BCUT2D eigenvalue weighted by Gasteiger charge is -2.33. The maximum Gasteiger partial charge on any atom is 0.410 e. The van der Waals surface area contributed by atoms with Gasteiger partial charge >= 0.3 is 6.09 Å². The van der Waals surface area contributed by atoms with Gasteiger partial charge in [-0.15, -0.1) is 0 Å². The monoisotopic (exact) mass is 817 g/mol. The molecule has 0 radical (unpaired) electrons. The van der Waals surface area contributed by atoms with Gasteiger partial charge in [-0.05, 0) is 110 Å². The Bertz CT molecular complexity index is 1910. The number of benzene rings is 1. The molecule has 13 heteroatoms. The molecule has 0 bridgehead atoms. The number of carbonyl (C=O) groups excluding carboxylic acids is 2. The number of pyridine rings is 2. The third-order valence-corrected chi connectivity index (χ3v) is 11.1. The predicted molar refractivity (Wildman–Crippen MR) is 210 cm³/mol. The number of nitrogens with zero attached hydrogens (tertiary/aromatic N) is 3. The first-order valence-electron chi connectivity index (χ1n) is 17.6. The quantitative estimate of drug-likeness (QED) is 0.204. The highest BCUT2D eigenvalue weighted by Gasteiger charge is 2.43. The summed E-state index contributed by atoms with van der Waals surface area (Å²) in [4.78, 5) is 36.9. The summed E-state index contributed by atoms with van der Waals surface area (Å²) >= 11 is 9.80. The van der Waals surface area contributed by atoms with E-state index in [0.29, 0.717) is 29.0 Å². The molecule has 1 aliphatic rings. The van der Waals surface area contributed by atoms with Crippen molar-refractivity contribution < 1.29 is 22.7 Å². The number of ether oxygens (including phenoxy) is 1. The molecule has 1 aliphatic heterocycles. The second kappa shape index (κ2) is 15.3. The minimum atomic E-state index is -4.39. The zero-order valence-corrected chi connectivity index (χ0v) is 35.3. The predicted octanol–water partition coefficient (Wildman–Crippen LogP) is 9.58. The molecule has 0 saturated carbocycles. The number of halogens is 2. The molecule has 284 valence electrons. The summed E-state index contributed by atoms with van der Waals surface area (Å²) in [6.07, 6.45) is 2.00. The minimum absolute atomic E-state index is 0.0847. The maximum atomic E-state index is 13.5. The largest absolute Gasteiger partial charge is 0.444 e. The van der Waals surface area contributed by atoms with Crippen molar-refractivity contribution in [2.75, 3.05) is 11.9 Å². The van der Waals surface area contributed by atoms with Gasteiger partial charge in [-0.3, -0.25) is 4.79 Å². The first-order chi connectivity index (χ1) is 23.8. The fourth-order valence-electron chi connectivity index (χ4n) is 6.37. The second-order valence-corrected chi connectivity index (χ2v) is 20.2. The Balaban J connectivity index is 1.58. The molecule has 52 heavy (non-hydrogen) atoms. The summed E-state index contributed by atoms with van der Waals surface area (Å²) in [6, 6.07) is 14.2. The van der Waals surface area contributed by atoms with Gasteiger partial charge < -0.3 is 15.0 Å². The Morgan fingerprint density at radius 2 is 1.65 bits per heavy atom. The third-order valence-electron chi connectivity index (χ3n) is 9.02. The van der Waals surface area contributed by atoms with E-state index in [-0.39, 0.29) is 50.2 Å². The van der Waals surface area contributed by atoms with Crippen LogP contribution < -0.4 is 10.0 Å². The summed E-state index contributed by atoms with van der Waals surface area (Å²) < 4.78 is 35.4. The molecule has 4 rings (SSSR count). The Morgan fingerprint density at radius 1 is 1.00 bits per heavy atom. The fraction of sp³-hybridized carbons (Fsp3) is 0.538. The molecule has 0 spiro atoms. The van der Waals surface area contributed by atoms with E-state index in [0.717, 1.165) is 24.0 Å². The molecule has 0 aliphatic carbocycles. The molecule has 2 amide bonds. The van der Waals surface area contributed by atoms with E-state index < -0.39 is 21.5 Å². The number of sulfonamides is 1. The molecule has 10 nitrogen and oxygen atoms in total. The van der Waals surface area contributed by atoms with Gasteiger partial charge in [0.25, 0.3) is 15.9 Å². The summed E-state index contributed by atoms with van der Waals surface area (Å²) in [5, 5.41) is 3.05. The number of carbonyl (C=O) groups is 2. The van der Waals surface area contributed by atoms with Crippen molar-refractivity contribution >= 4 is 55.4 Å². The van der Waals surface area contributed by atoms with E-state index in [1.54, 1.807) is 12.1 Å². The normalized spacial score (nSPS) is 17.1. The van der Waals surface area contributed by atoms with Crippen molar-refractivity contribution in [1.82, 2.24) is 19.6 Å². The number of aromatic nitrogens is 2. The highest BCUT2D eigenvalue weighted by Crippen LogP contribution is 2.38. The molecular formula is C39H53BrClN5O5S. The lowest BCUT2D eigenvalue weighted by Crippen LogP contribution is -2.45. The molecule has 1 unspecified atom stereocenters. The zero-order chi connectivity index (χ0) is 39.0. The molecule has 1 saturated heterocycles. The van der Waals surface area contributed by atoms with Crippen LogP contribution in [0.2, 0.25) is 5.15 Å². The van der Waals surface area contributed by atoms with E-state index in [1.807, 2.05) is 52.5 Å². The number of amides is 2. The average molecular weight is 819 g/mol. The highest BCUT2D eigenvalue weighted by atomic mass is 79.9. The van der Waals surface area contributed by atoms with Gasteiger partial charge in [-0.2, -0.15) is 8.42 Å². The van der Waals surface area contributed by atoms with Crippen molar-refractivity contribution in [3.05, 3.63) is 80.5 Å². The van der Waals surface area contributed by atoms with Gasteiger partial charge in [-0.25, -0.2) is 19.5 Å². The van der Waals surface area contributed by atoms with Crippen molar-refractivity contribution in [2.24, 2.45) is 5.92 Å². The van der Waals surface area contributed by atoms with E-state index >= 15 is 0 Å². The molecule has 3 heterocycles. The van der Waals surface area contributed by atoms with E-state index in [9.17, 15) is 18.0 Å². The molecule has 2 atom stereocenters. The number of rotatable bonds is 9. The van der Waals surface area contributed by atoms with E-state index in [2.05, 4.69) is 88.8 Å². The summed E-state index contributed by atoms with van der Waals surface area (Å²) in [5.74, 6) is -0.359. The summed E-state index contributed by atoms with van der Waals surface area (Å²) in [6.45, 7) is 22.7. The summed E-state index contributed by atoms with van der Waals surface area (Å²) in [7, 11) is -4.39. The number of hydrogen-bond acceptors (Lipinski definition) is 8. The van der Waals surface area contributed by atoms with Crippen LogP contribution in [-0.4, -0.2) is 53.0 Å². The molecular weight excluding hydrogens is 766 g/mol. The van der Waals surface area contributed by atoms with Crippen LogP contribution in [0.1, 0.15) is 129 Å². The average Bonchev–Trinajstić information content (AvgIpc) is 3.32. The lowest BCUT2D eigenvalue weighted by atomic mass is 9.84. The Morgan fingerprint density at radius 3 is 2.27 bits per heavy atom. The van der Waals surface area contributed by atoms with Crippen LogP contribution in [0.4, 0.5) is 10.6 Å². The van der Waals surface area contributed by atoms with E-state index in [4.69, 9.17) is 16.3 Å². The fourth-order valence-corrected chi connectivity index (χ4v) is 8.44. The van der Waals surface area contributed by atoms with Crippen molar-refractivity contribution in [3.8, 4) is 0 Å². The molecule has 2 aromatic heterocycles. The SMILES string of the molecule is CC(C)(C)OC(=O)N1C[C@@H](CCC(Nc2cccc(S(=O)(=O)NC(=O)c3cc(Br)c(C(C)(C)C)nc3Cl)n2)c2cccc(C(C)(C)C)c2)CC1(C)C. The van der Waals surface area contributed by atoms with Crippen molar-refractivity contribution in [3.63, 3.8) is 0 Å². The number of hydrogen-bond donors (Lipinski definition) is 2. The molecule has 1 aromatic carbocycles. The van der Waals surface area contributed by atoms with Crippen molar-refractivity contribution in [2.45, 2.75) is 128 Å². The topological polar surface area (TPSA) is 131 Å². The number of anilines is 1. The van der Waals surface area contributed by atoms with E-state index in [1.165, 1.54) is 12.1 Å². The first-order valence-corrected chi connectivity index (χ1v) is 20.2. The van der Waals surface area contributed by atoms with Gasteiger partial charge in [0.2, 0.25) is 0 Å². The first kappa shape index (κ1) is 41.5. The van der Waals surface area contributed by atoms with Crippen LogP contribution >= 0.6 is 27.5 Å². The van der Waals surface area contributed by atoms with Gasteiger partial charge in [0, 0.05) is 22.0 Å². The van der Waals surface area contributed by atoms with Crippen LogP contribution in [-0.2, 0) is 25.6 Å². The van der Waals surface area contributed by atoms with Crippen molar-refractivity contribution in [1.29, 1.82) is 0 Å². The standard InChI is InChI=1S/C39H53BrClN5O5S/c1-36(2,3)26-15-12-14-25(20-26)29(19-18-24-22-39(10,11)46(23-24)35(48)51-38(7,8)9)42-30-16-13-17-31(43-30)52(49,50)45-34(47)27-21-28(40)32(37(4,5)6)44-33(27)41/h12-17,20-21,24,29H,18-19,22-23H2,1-11H3,(H,42,43)(H,45,47)/t24-,29?/m0/s1. The van der Waals surface area contributed by atoms with Gasteiger partial charge in [0.05, 0.1) is 17.3 Å². The Labute approximate surface area is 323 Å². The zero-order valence-electron chi connectivity index (χ0n) is 32.1. The molecule has 3 aromatic rings. The maximum absolute atomic E-state index is 13.5. The molecule has 2 N–H and O–H groups in total. The minimum Gasteiger partial charge on any atom is -0.444 e. The van der Waals surface area contributed by atoms with Gasteiger partial charge in [-0.1, -0.05) is 83.5 Å². The van der Waals surface area contributed by atoms with Crippen LogP contribution in [0.25, 0.3) is 0 Å². The second-order valence-electron chi connectivity index (χ2n) is 17.3. The van der Waals surface area contributed by atoms with Crippen LogP contribution in [0.15, 0.2) is 58.0 Å². The smallest absolute Gasteiger partial charge is 0.410 e. The third kappa shape index (κ3) is 10.5. The highest BCUT2D eigenvalue weighted by molar-refractivity contribution is 9.10. The lowest BCUT2D eigenvalue weighted by molar-refractivity contribution is 0.0130. The van der Waals surface area contributed by atoms with Gasteiger partial charge in [0.1, 0.15) is 16.6 Å². The Hall–Kier alpha value is -3.22. The molecule has 1 fully saturated rings. The van der Waals surface area contributed by atoms with Gasteiger partial charge in [0.15, 0.2) is 5.03 Å². The van der Waals surface area contributed by atoms with Crippen LogP contribution in [0.5, 0.6) is 0 Å². The number of nitrogens with one attached hydrogen (secondary N) is 2.